The quantitative estimate of drug-likeness (QED) is 0.717. The van der Waals surface area contributed by atoms with Gasteiger partial charge in [-0.3, -0.25) is 18.7 Å². The Bertz CT molecular complexity index is 958. The minimum atomic E-state index is -0.472. The molecule has 2 aromatic rings. The first-order valence-corrected chi connectivity index (χ1v) is 10.6. The van der Waals surface area contributed by atoms with Gasteiger partial charge >= 0.3 is 5.69 Å². The van der Waals surface area contributed by atoms with Crippen molar-refractivity contribution in [3.05, 3.63) is 44.1 Å². The molecule has 0 atom stereocenters. The summed E-state index contributed by atoms with van der Waals surface area (Å²) in [6.07, 6.45) is 8.10. The molecule has 7 heteroatoms. The largest absolute Gasteiger partial charge is 0.352 e. The number of carbonyl (C=O) groups is 1. The maximum atomic E-state index is 13.1. The third kappa shape index (κ3) is 4.49. The van der Waals surface area contributed by atoms with Crippen molar-refractivity contribution >= 4 is 28.4 Å². The minimum absolute atomic E-state index is 0.138. The minimum Gasteiger partial charge on any atom is -0.352 e. The van der Waals surface area contributed by atoms with E-state index in [2.05, 4.69) is 12.2 Å². The lowest BCUT2D eigenvalue weighted by Crippen LogP contribution is -2.46. The molecule has 0 radical (unpaired) electrons. The number of amides is 1. The van der Waals surface area contributed by atoms with E-state index in [-0.39, 0.29) is 18.5 Å². The van der Waals surface area contributed by atoms with Gasteiger partial charge in [0.1, 0.15) is 6.54 Å². The Morgan fingerprint density at radius 3 is 2.61 bits per heavy atom. The van der Waals surface area contributed by atoms with Crippen molar-refractivity contribution in [3.8, 4) is 0 Å². The van der Waals surface area contributed by atoms with Crippen LogP contribution in [0.3, 0.4) is 0 Å². The molecule has 1 N–H and O–H groups in total. The molecule has 1 amide bonds. The number of rotatable bonds is 7. The Balaban J connectivity index is 1.96. The van der Waals surface area contributed by atoms with Crippen LogP contribution in [0.2, 0.25) is 5.02 Å². The molecule has 1 fully saturated rings. The highest BCUT2D eigenvalue weighted by molar-refractivity contribution is 6.35. The number of aryl methyl sites for hydroxylation is 1. The maximum Gasteiger partial charge on any atom is 0.332 e. The molecule has 28 heavy (non-hydrogen) atoms. The molecule has 1 saturated carbocycles. The molecule has 6 nitrogen and oxygen atoms in total. The van der Waals surface area contributed by atoms with Crippen molar-refractivity contribution < 1.29 is 4.79 Å². The lowest BCUT2D eigenvalue weighted by molar-refractivity contribution is -0.122. The molecule has 1 heterocycles. The fourth-order valence-corrected chi connectivity index (χ4v) is 4.24. The number of para-hydroxylation sites is 1. The van der Waals surface area contributed by atoms with Crippen molar-refractivity contribution in [1.82, 2.24) is 14.5 Å². The third-order valence-electron chi connectivity index (χ3n) is 5.45. The van der Waals surface area contributed by atoms with Crippen LogP contribution in [0.15, 0.2) is 27.8 Å². The monoisotopic (exact) mass is 405 g/mol. The molecule has 1 aromatic carbocycles. The van der Waals surface area contributed by atoms with Gasteiger partial charge < -0.3 is 5.32 Å². The first-order valence-electron chi connectivity index (χ1n) is 10.2. The van der Waals surface area contributed by atoms with Gasteiger partial charge in [0.25, 0.3) is 5.56 Å². The molecule has 3 rings (SSSR count). The zero-order valence-corrected chi connectivity index (χ0v) is 17.1. The number of hydrogen-bond acceptors (Lipinski definition) is 3. The van der Waals surface area contributed by atoms with Crippen molar-refractivity contribution in [1.29, 1.82) is 0 Å². The van der Waals surface area contributed by atoms with Crippen LogP contribution >= 0.6 is 11.6 Å². The van der Waals surface area contributed by atoms with Crippen molar-refractivity contribution in [2.45, 2.75) is 77.4 Å². The number of hydrogen-bond donors (Lipinski definition) is 1. The lowest BCUT2D eigenvalue weighted by atomic mass is 9.95. The molecular weight excluding hydrogens is 378 g/mol. The topological polar surface area (TPSA) is 73.1 Å². The highest BCUT2D eigenvalue weighted by Crippen LogP contribution is 2.20. The number of carbonyl (C=O) groups excluding carboxylic acids is 1. The zero-order valence-electron chi connectivity index (χ0n) is 16.4. The number of aromatic nitrogens is 2. The van der Waals surface area contributed by atoms with Crippen LogP contribution in [0.5, 0.6) is 0 Å². The van der Waals surface area contributed by atoms with Gasteiger partial charge in [-0.05, 0) is 31.4 Å². The van der Waals surface area contributed by atoms with Crippen molar-refractivity contribution in [2.24, 2.45) is 0 Å². The first kappa shape index (κ1) is 20.6. The van der Waals surface area contributed by atoms with Crippen molar-refractivity contribution in [2.75, 3.05) is 0 Å². The van der Waals surface area contributed by atoms with E-state index in [0.29, 0.717) is 22.5 Å². The first-order chi connectivity index (χ1) is 13.5. The number of benzene rings is 1. The van der Waals surface area contributed by atoms with Crippen LogP contribution in [0.4, 0.5) is 0 Å². The third-order valence-corrected chi connectivity index (χ3v) is 5.76. The normalized spacial score (nSPS) is 15.1. The lowest BCUT2D eigenvalue weighted by Gasteiger charge is -2.23. The zero-order chi connectivity index (χ0) is 20.1. The van der Waals surface area contributed by atoms with Crippen LogP contribution in [-0.2, 0) is 17.9 Å². The molecule has 1 aromatic heterocycles. The van der Waals surface area contributed by atoms with Crippen molar-refractivity contribution in [3.63, 3.8) is 0 Å². The molecule has 1 aliphatic carbocycles. The summed E-state index contributed by atoms with van der Waals surface area (Å²) >= 11 is 6.32. The number of halogens is 1. The Labute approximate surface area is 169 Å². The van der Waals surface area contributed by atoms with Gasteiger partial charge in [0.15, 0.2) is 0 Å². The maximum absolute atomic E-state index is 13.1. The fourth-order valence-electron chi connectivity index (χ4n) is 3.97. The second kappa shape index (κ2) is 9.41. The van der Waals surface area contributed by atoms with E-state index >= 15 is 0 Å². The van der Waals surface area contributed by atoms with Crippen LogP contribution in [0.25, 0.3) is 10.9 Å². The smallest absolute Gasteiger partial charge is 0.332 e. The fraction of sp³-hybridized carbons (Fsp3) is 0.571. The van der Waals surface area contributed by atoms with Gasteiger partial charge in [0.2, 0.25) is 5.91 Å². The van der Waals surface area contributed by atoms with E-state index in [0.717, 1.165) is 49.5 Å². The van der Waals surface area contributed by atoms with Gasteiger partial charge in [0.05, 0.1) is 15.9 Å². The molecular formula is C21H28ClN3O3. The summed E-state index contributed by atoms with van der Waals surface area (Å²) < 4.78 is 2.59. The van der Waals surface area contributed by atoms with Crippen LogP contribution in [0.1, 0.15) is 58.3 Å². The van der Waals surface area contributed by atoms with E-state index in [1.165, 1.54) is 6.42 Å². The van der Waals surface area contributed by atoms with E-state index in [1.54, 1.807) is 22.8 Å². The summed E-state index contributed by atoms with van der Waals surface area (Å²) in [6.45, 7) is 2.30. The predicted molar refractivity (Wildman–Crippen MR) is 112 cm³/mol. The summed E-state index contributed by atoms with van der Waals surface area (Å²) in [4.78, 5) is 38.5. The summed E-state index contributed by atoms with van der Waals surface area (Å²) in [6, 6.07) is 5.17. The molecule has 0 spiro atoms. The number of fused-ring (bicyclic) bond motifs is 1. The second-order valence-electron chi connectivity index (χ2n) is 7.57. The Morgan fingerprint density at radius 2 is 1.89 bits per heavy atom. The average Bonchev–Trinajstić information content (AvgIpc) is 2.69. The SMILES string of the molecule is CCCCCn1c(=O)n(CC(=O)NC2CCCCC2)c(=O)c2cccc(Cl)c21. The summed E-state index contributed by atoms with van der Waals surface area (Å²) in [5.74, 6) is -0.285. The van der Waals surface area contributed by atoms with Crippen LogP contribution in [-0.4, -0.2) is 21.1 Å². The average molecular weight is 406 g/mol. The van der Waals surface area contributed by atoms with Gasteiger partial charge in [-0.15, -0.1) is 0 Å². The van der Waals surface area contributed by atoms with Crippen LogP contribution in [0, 0.1) is 0 Å². The van der Waals surface area contributed by atoms with Gasteiger partial charge in [0, 0.05) is 12.6 Å². The van der Waals surface area contributed by atoms with Crippen LogP contribution < -0.4 is 16.6 Å². The molecule has 0 unspecified atom stereocenters. The van der Waals surface area contributed by atoms with E-state index in [1.807, 2.05) is 0 Å². The molecule has 0 bridgehead atoms. The van der Waals surface area contributed by atoms with E-state index in [4.69, 9.17) is 11.6 Å². The Kier molecular flexibility index (Phi) is 6.94. The number of nitrogens with zero attached hydrogens (tertiary/aromatic N) is 2. The highest BCUT2D eigenvalue weighted by atomic mass is 35.5. The second-order valence-corrected chi connectivity index (χ2v) is 7.98. The molecule has 0 aliphatic heterocycles. The summed E-state index contributed by atoms with van der Waals surface area (Å²) in [5, 5.41) is 3.73. The predicted octanol–water partition coefficient (Wildman–Crippen LogP) is 3.46. The van der Waals surface area contributed by atoms with E-state index in [9.17, 15) is 14.4 Å². The van der Waals surface area contributed by atoms with Gasteiger partial charge in [-0.1, -0.05) is 56.7 Å². The number of nitrogens with one attached hydrogen (secondary N) is 1. The highest BCUT2D eigenvalue weighted by Gasteiger charge is 2.20. The molecule has 0 saturated heterocycles. The molecule has 1 aliphatic rings. The standard InChI is InChI=1S/C21H28ClN3O3/c1-2-3-7-13-24-19-16(11-8-12-17(19)22)20(27)25(21(24)28)14-18(26)23-15-9-5-4-6-10-15/h8,11-12,15H,2-7,9-10,13-14H2,1H3,(H,23,26). The van der Waals surface area contributed by atoms with E-state index < -0.39 is 11.2 Å². The molecule has 152 valence electrons. The summed E-state index contributed by atoms with van der Waals surface area (Å²) in [7, 11) is 0. The number of unbranched alkanes of at least 4 members (excludes halogenated alkanes) is 2. The summed E-state index contributed by atoms with van der Waals surface area (Å²) in [5.41, 5.74) is -0.479. The van der Waals surface area contributed by atoms with Gasteiger partial charge in [-0.25, -0.2) is 4.79 Å². The Hall–Kier alpha value is -2.08. The Morgan fingerprint density at radius 1 is 1.14 bits per heavy atom. The van der Waals surface area contributed by atoms with Gasteiger partial charge in [-0.2, -0.15) is 0 Å².